The van der Waals surface area contributed by atoms with E-state index in [9.17, 15) is 4.39 Å². The Bertz CT molecular complexity index is 1280. The van der Waals surface area contributed by atoms with E-state index in [1.54, 1.807) is 18.2 Å². The number of carbonyl (C=O) groups excluding carboxylic acids is 4. The number of benzene rings is 2. The van der Waals surface area contributed by atoms with Crippen LogP contribution in [-0.4, -0.2) is 16.9 Å². The van der Waals surface area contributed by atoms with Crippen LogP contribution in [0.25, 0.3) is 21.6 Å². The molecule has 0 spiro atoms. The first kappa shape index (κ1) is 26.8. The molecule has 1 aromatic heterocycles. The Balaban J connectivity index is 0.000000819. The van der Waals surface area contributed by atoms with E-state index in [2.05, 4.69) is 31.9 Å². The smallest absolute Gasteiger partial charge is 0.333 e. The van der Waals surface area contributed by atoms with Crippen molar-refractivity contribution in [2.75, 3.05) is 0 Å². The summed E-state index contributed by atoms with van der Waals surface area (Å²) >= 11 is 3.46. The second kappa shape index (κ2) is 13.2. The summed E-state index contributed by atoms with van der Waals surface area (Å²) in [7, 11) is 0. The second-order valence-electron chi connectivity index (χ2n) is 6.30. The number of rotatable bonds is 4. The van der Waals surface area contributed by atoms with Gasteiger partial charge in [0.15, 0.2) is 0 Å². The molecule has 0 atom stereocenters. The van der Waals surface area contributed by atoms with Gasteiger partial charge in [-0.15, -0.1) is 6.42 Å². The van der Waals surface area contributed by atoms with Crippen LogP contribution >= 0.6 is 15.9 Å². The number of aromatic nitrogens is 1. The molecule has 0 bridgehead atoms. The standard InChI is InChI=1S/C21H16BrFN4.2CO2/c1-4-20-13(2)21(15-5-8-18(23)9-6-15)14(3)27(20)12-16-11-17(22)7-10-19(16)25-26-24;2*2-1-3/h1,5-11H,12H2,2-3H3;;. The molecule has 33 heavy (non-hydrogen) atoms. The van der Waals surface area contributed by atoms with E-state index in [0.29, 0.717) is 12.2 Å². The highest BCUT2D eigenvalue weighted by Gasteiger charge is 2.18. The highest BCUT2D eigenvalue weighted by atomic mass is 79.9. The molecule has 0 aliphatic rings. The van der Waals surface area contributed by atoms with E-state index in [4.69, 9.17) is 31.1 Å². The Morgan fingerprint density at radius 1 is 1.09 bits per heavy atom. The summed E-state index contributed by atoms with van der Waals surface area (Å²) in [5, 5.41) is 3.78. The van der Waals surface area contributed by atoms with Gasteiger partial charge in [0.05, 0.1) is 5.69 Å². The third-order valence-electron chi connectivity index (χ3n) is 4.56. The van der Waals surface area contributed by atoms with Crippen LogP contribution in [0, 0.1) is 32.0 Å². The predicted octanol–water partition coefficient (Wildman–Crippen LogP) is 5.48. The van der Waals surface area contributed by atoms with Gasteiger partial charge >= 0.3 is 12.3 Å². The van der Waals surface area contributed by atoms with E-state index < -0.39 is 0 Å². The van der Waals surface area contributed by atoms with Crippen molar-refractivity contribution in [2.45, 2.75) is 20.4 Å². The van der Waals surface area contributed by atoms with E-state index in [0.717, 1.165) is 38.1 Å². The molecule has 0 saturated carbocycles. The summed E-state index contributed by atoms with van der Waals surface area (Å²) in [4.78, 5) is 35.4. The van der Waals surface area contributed by atoms with Gasteiger partial charge in [0.25, 0.3) is 0 Å². The first-order valence-corrected chi connectivity index (χ1v) is 9.83. The maximum absolute atomic E-state index is 13.3. The summed E-state index contributed by atoms with van der Waals surface area (Å²) in [6, 6.07) is 11.9. The summed E-state index contributed by atoms with van der Waals surface area (Å²) in [5.41, 5.74) is 14.8. The third kappa shape index (κ3) is 6.88. The van der Waals surface area contributed by atoms with E-state index >= 15 is 0 Å². The van der Waals surface area contributed by atoms with Crippen molar-refractivity contribution in [1.82, 2.24) is 4.57 Å². The van der Waals surface area contributed by atoms with Crippen LogP contribution in [-0.2, 0) is 25.7 Å². The van der Waals surface area contributed by atoms with Gasteiger partial charge in [0.1, 0.15) is 5.82 Å². The van der Waals surface area contributed by atoms with E-state index in [1.807, 2.05) is 30.5 Å². The first-order valence-electron chi connectivity index (χ1n) is 9.03. The van der Waals surface area contributed by atoms with E-state index in [1.165, 1.54) is 12.1 Å². The zero-order valence-corrected chi connectivity index (χ0v) is 19.1. The molecule has 3 aromatic rings. The van der Waals surface area contributed by atoms with Gasteiger partial charge in [-0.1, -0.05) is 45.2 Å². The average molecular weight is 511 g/mol. The minimum absolute atomic E-state index is 0.250. The van der Waals surface area contributed by atoms with Crippen molar-refractivity contribution in [3.63, 3.8) is 0 Å². The lowest BCUT2D eigenvalue weighted by atomic mass is 10.0. The molecule has 10 heteroatoms. The maximum Gasteiger partial charge on any atom is 0.373 e. The summed E-state index contributed by atoms with van der Waals surface area (Å²) in [6.07, 6.45) is 6.29. The van der Waals surface area contributed by atoms with Gasteiger partial charge in [-0.2, -0.15) is 19.2 Å². The topological polar surface area (TPSA) is 122 Å². The quantitative estimate of drug-likeness (QED) is 0.199. The van der Waals surface area contributed by atoms with Crippen LogP contribution in [0.15, 0.2) is 52.1 Å². The van der Waals surface area contributed by atoms with Gasteiger partial charge in [-0.25, -0.2) is 4.39 Å². The molecule has 3 rings (SSSR count). The van der Waals surface area contributed by atoms with Crippen molar-refractivity contribution in [3.05, 3.63) is 85.7 Å². The predicted molar refractivity (Wildman–Crippen MR) is 119 cm³/mol. The largest absolute Gasteiger partial charge is 0.373 e. The molecule has 0 radical (unpaired) electrons. The van der Waals surface area contributed by atoms with Crippen molar-refractivity contribution in [2.24, 2.45) is 5.11 Å². The van der Waals surface area contributed by atoms with Crippen LogP contribution < -0.4 is 0 Å². The lowest BCUT2D eigenvalue weighted by Crippen LogP contribution is -2.05. The first-order chi connectivity index (χ1) is 15.8. The number of nitrogens with zero attached hydrogens (tertiary/aromatic N) is 4. The Morgan fingerprint density at radius 3 is 2.18 bits per heavy atom. The van der Waals surface area contributed by atoms with Crippen LogP contribution in [0.2, 0.25) is 0 Å². The van der Waals surface area contributed by atoms with Crippen LogP contribution in [0.4, 0.5) is 10.1 Å². The van der Waals surface area contributed by atoms with Crippen molar-refractivity contribution < 1.29 is 23.6 Å². The molecule has 1 heterocycles. The number of halogens is 2. The molecule has 8 nitrogen and oxygen atoms in total. The lowest BCUT2D eigenvalue weighted by Gasteiger charge is -2.12. The molecule has 0 N–H and O–H groups in total. The molecular formula is C23H16BrFN4O4. The SMILES string of the molecule is C#Cc1c(C)c(-c2ccc(F)cc2)c(C)n1Cc1cc(Br)ccc1N=[N+]=[N-].O=C=O.O=C=O. The Morgan fingerprint density at radius 2 is 1.67 bits per heavy atom. The number of hydrogen-bond donors (Lipinski definition) is 0. The normalized spacial score (nSPS) is 8.94. The van der Waals surface area contributed by atoms with Gasteiger partial charge < -0.3 is 4.57 Å². The third-order valence-corrected chi connectivity index (χ3v) is 5.05. The van der Waals surface area contributed by atoms with Crippen LogP contribution in [0.3, 0.4) is 0 Å². The number of hydrogen-bond acceptors (Lipinski definition) is 5. The Labute approximate surface area is 196 Å². The molecule has 2 aromatic carbocycles. The number of terminal acetylenes is 1. The monoisotopic (exact) mass is 510 g/mol. The molecule has 0 fully saturated rings. The summed E-state index contributed by atoms with van der Waals surface area (Å²) in [5.74, 6) is 2.49. The minimum Gasteiger partial charge on any atom is -0.333 e. The van der Waals surface area contributed by atoms with Crippen LogP contribution in [0.1, 0.15) is 22.5 Å². The minimum atomic E-state index is -0.279. The molecule has 0 aliphatic heterocycles. The lowest BCUT2D eigenvalue weighted by molar-refractivity contribution is -0.193. The van der Waals surface area contributed by atoms with Crippen molar-refractivity contribution >= 4 is 33.9 Å². The molecule has 0 amide bonds. The van der Waals surface area contributed by atoms with Crippen molar-refractivity contribution in [1.29, 1.82) is 0 Å². The fraction of sp³-hybridized carbons (Fsp3) is 0.130. The summed E-state index contributed by atoms with van der Waals surface area (Å²) in [6.45, 7) is 4.41. The molecular weight excluding hydrogens is 495 g/mol. The highest BCUT2D eigenvalue weighted by Crippen LogP contribution is 2.34. The fourth-order valence-electron chi connectivity index (χ4n) is 3.32. The van der Waals surface area contributed by atoms with Gasteiger partial charge in [0, 0.05) is 32.9 Å². The zero-order chi connectivity index (χ0) is 25.0. The molecule has 166 valence electrons. The van der Waals surface area contributed by atoms with Gasteiger partial charge in [-0.3, -0.25) is 0 Å². The maximum atomic E-state index is 13.3. The highest BCUT2D eigenvalue weighted by molar-refractivity contribution is 9.10. The Kier molecular flexibility index (Phi) is 10.7. The second-order valence-corrected chi connectivity index (χ2v) is 7.22. The molecule has 0 unspecified atom stereocenters. The van der Waals surface area contributed by atoms with Crippen molar-refractivity contribution in [3.8, 4) is 23.5 Å². The zero-order valence-electron chi connectivity index (χ0n) is 17.5. The van der Waals surface area contributed by atoms with Gasteiger partial charge in [0.2, 0.25) is 0 Å². The van der Waals surface area contributed by atoms with E-state index in [-0.39, 0.29) is 18.1 Å². The average Bonchev–Trinajstić information content (AvgIpc) is 3.01. The van der Waals surface area contributed by atoms with Crippen LogP contribution in [0.5, 0.6) is 0 Å². The fourth-order valence-corrected chi connectivity index (χ4v) is 3.73. The summed E-state index contributed by atoms with van der Waals surface area (Å²) < 4.78 is 16.2. The van der Waals surface area contributed by atoms with Gasteiger partial charge in [-0.05, 0) is 60.3 Å². The number of azide groups is 1. The Hall–Kier alpha value is -4.24. The molecule has 0 saturated heterocycles. The molecule has 0 aliphatic carbocycles.